The molecule has 1 saturated heterocycles. The number of hydrogen-bond donors (Lipinski definition) is 6. The number of carbonyl (C=O) groups is 2. The van der Waals surface area contributed by atoms with Gasteiger partial charge in [0.2, 0.25) is 5.91 Å². The molecule has 1 heterocycles. The highest BCUT2D eigenvalue weighted by molar-refractivity contribution is 5.76. The summed E-state index contributed by atoms with van der Waals surface area (Å²) in [5.41, 5.74) is 0. The predicted octanol–water partition coefficient (Wildman–Crippen LogP) is 24.0. The second-order valence-electron chi connectivity index (χ2n) is 30.2. The van der Waals surface area contributed by atoms with Gasteiger partial charge in [-0.15, -0.1) is 0 Å². The lowest BCUT2D eigenvalue weighted by molar-refractivity contribution is -0.302. The molecule has 7 atom stereocenters. The largest absolute Gasteiger partial charge is 0.466 e. The van der Waals surface area contributed by atoms with E-state index in [1.807, 2.05) is 6.08 Å². The molecule has 1 fully saturated rings. The van der Waals surface area contributed by atoms with E-state index in [9.17, 15) is 35.1 Å². The Morgan fingerprint density at radius 3 is 1.03 bits per heavy atom. The van der Waals surface area contributed by atoms with Gasteiger partial charge in [0.25, 0.3) is 0 Å². The molecule has 0 bridgehead atoms. The van der Waals surface area contributed by atoms with Crippen LogP contribution < -0.4 is 5.32 Å². The lowest BCUT2D eigenvalue weighted by atomic mass is 9.99. The fraction of sp³-hybridized carbons (Fsp3) is 0.908. The van der Waals surface area contributed by atoms with Crippen LogP contribution in [0.15, 0.2) is 36.5 Å². The van der Waals surface area contributed by atoms with Gasteiger partial charge in [0.05, 0.1) is 32.0 Å². The fourth-order valence-corrected chi connectivity index (χ4v) is 14.0. The Morgan fingerprint density at radius 2 is 0.684 bits per heavy atom. The second-order valence-corrected chi connectivity index (χ2v) is 30.2. The van der Waals surface area contributed by atoms with Gasteiger partial charge in [-0.1, -0.05) is 403 Å². The van der Waals surface area contributed by atoms with Gasteiger partial charge in [-0.25, -0.2) is 0 Å². The molecular weight excluding hydrogens is 1220 g/mol. The molecule has 98 heavy (non-hydrogen) atoms. The molecule has 1 amide bonds. The number of aliphatic hydroxyl groups is 5. The normalized spacial score (nSPS) is 17.3. The highest BCUT2D eigenvalue weighted by atomic mass is 16.7. The van der Waals surface area contributed by atoms with Gasteiger partial charge in [0, 0.05) is 12.8 Å². The number of hydrogen-bond acceptors (Lipinski definition) is 10. The summed E-state index contributed by atoms with van der Waals surface area (Å²) in [5, 5.41) is 54.6. The average Bonchev–Trinajstić information content (AvgIpc) is 0.831. The Labute approximate surface area is 606 Å². The van der Waals surface area contributed by atoms with Gasteiger partial charge in [0.1, 0.15) is 24.4 Å². The molecule has 11 nitrogen and oxygen atoms in total. The summed E-state index contributed by atoms with van der Waals surface area (Å²) in [5.74, 6) is -0.156. The Hall–Kier alpha value is -2.12. The van der Waals surface area contributed by atoms with Crippen LogP contribution in [-0.4, -0.2) is 100 Å². The van der Waals surface area contributed by atoms with Gasteiger partial charge in [-0.3, -0.25) is 9.59 Å². The SMILES string of the molecule is CCCCCCCCCCCCC/C=C/C(O)C(COC1OC(CO)C(O)C(O)C1O)NC(=O)CCCCCCCCCCCCCCCCCCC/C=C\C/C=C\CCCCCCCCCCCCCCCCCOC(=O)CCCCCCCCCCCCCCCCCCCC. The molecule has 578 valence electrons. The van der Waals surface area contributed by atoms with Crippen LogP contribution >= 0.6 is 0 Å². The summed E-state index contributed by atoms with van der Waals surface area (Å²) in [7, 11) is 0. The molecular formula is C87H165NO10. The maximum absolute atomic E-state index is 13.1. The van der Waals surface area contributed by atoms with Crippen molar-refractivity contribution in [3.63, 3.8) is 0 Å². The van der Waals surface area contributed by atoms with Crippen LogP contribution in [0.25, 0.3) is 0 Å². The first-order chi connectivity index (χ1) is 48.2. The third-order valence-electron chi connectivity index (χ3n) is 20.7. The van der Waals surface area contributed by atoms with Gasteiger partial charge in [-0.2, -0.15) is 0 Å². The molecule has 0 aromatic rings. The molecule has 7 unspecified atom stereocenters. The summed E-state index contributed by atoms with van der Waals surface area (Å²) >= 11 is 0. The third-order valence-corrected chi connectivity index (χ3v) is 20.7. The first kappa shape index (κ1) is 93.9. The standard InChI is InChI=1S/C87H165NO10/c1-3-5-7-9-11-13-15-17-18-19-44-47-51-55-59-63-67-71-75-83(92)96-76-72-68-64-60-56-52-48-45-42-40-38-36-34-32-30-28-26-24-22-20-21-23-25-27-29-31-33-35-37-39-41-43-46-50-54-58-62-66-70-74-82(91)88-79(78-97-87-86(95)85(94)84(93)81(77-89)98-87)80(90)73-69-65-61-57-53-49-16-14-12-10-8-6-4-2/h20-21,24,26,69,73,79-81,84-87,89-90,93-95H,3-19,22-23,25,27-68,70-72,74-78H2,1-2H3,(H,88,91)/b21-20-,26-24-,73-69+. The fourth-order valence-electron chi connectivity index (χ4n) is 14.0. The van der Waals surface area contributed by atoms with Crippen LogP contribution in [0.4, 0.5) is 0 Å². The van der Waals surface area contributed by atoms with Crippen LogP contribution in [0.5, 0.6) is 0 Å². The predicted molar refractivity (Wildman–Crippen MR) is 417 cm³/mol. The number of esters is 1. The Kier molecular flexibility index (Phi) is 72.8. The van der Waals surface area contributed by atoms with Crippen molar-refractivity contribution in [2.45, 2.75) is 487 Å². The summed E-state index contributed by atoms with van der Waals surface area (Å²) in [6, 6.07) is -0.808. The maximum Gasteiger partial charge on any atom is 0.305 e. The molecule has 0 spiro atoms. The van der Waals surface area contributed by atoms with Gasteiger partial charge < -0.3 is 45.1 Å². The number of carbonyl (C=O) groups excluding carboxylic acids is 2. The Morgan fingerprint density at radius 1 is 0.378 bits per heavy atom. The van der Waals surface area contributed by atoms with Gasteiger partial charge in [-0.05, 0) is 64.2 Å². The first-order valence-electron chi connectivity index (χ1n) is 43.3. The highest BCUT2D eigenvalue weighted by Crippen LogP contribution is 2.24. The molecule has 0 aliphatic carbocycles. The first-order valence-corrected chi connectivity index (χ1v) is 43.3. The number of unbranched alkanes of at least 4 members (excludes halogenated alkanes) is 60. The zero-order chi connectivity index (χ0) is 70.8. The smallest absolute Gasteiger partial charge is 0.305 e. The van der Waals surface area contributed by atoms with Crippen LogP contribution in [-0.2, 0) is 23.8 Å². The average molecular weight is 1390 g/mol. The van der Waals surface area contributed by atoms with E-state index in [0.29, 0.717) is 19.4 Å². The van der Waals surface area contributed by atoms with Crippen molar-refractivity contribution in [2.24, 2.45) is 0 Å². The van der Waals surface area contributed by atoms with Crippen molar-refractivity contribution in [1.29, 1.82) is 0 Å². The number of aliphatic hydroxyl groups excluding tert-OH is 5. The molecule has 0 aromatic heterocycles. The van der Waals surface area contributed by atoms with E-state index < -0.39 is 49.5 Å². The summed E-state index contributed by atoms with van der Waals surface area (Å²) in [6.45, 7) is 4.41. The molecule has 0 aromatic carbocycles. The van der Waals surface area contributed by atoms with Crippen molar-refractivity contribution in [3.05, 3.63) is 36.5 Å². The minimum absolute atomic E-state index is 0.0200. The molecule has 0 saturated carbocycles. The van der Waals surface area contributed by atoms with E-state index in [1.54, 1.807) is 6.08 Å². The monoisotopic (exact) mass is 1380 g/mol. The zero-order valence-electron chi connectivity index (χ0n) is 64.8. The van der Waals surface area contributed by atoms with E-state index in [0.717, 1.165) is 57.8 Å². The van der Waals surface area contributed by atoms with Crippen molar-refractivity contribution in [1.82, 2.24) is 5.32 Å². The van der Waals surface area contributed by atoms with E-state index in [2.05, 4.69) is 43.5 Å². The van der Waals surface area contributed by atoms with E-state index in [1.165, 1.54) is 360 Å². The minimum Gasteiger partial charge on any atom is -0.466 e. The summed E-state index contributed by atoms with van der Waals surface area (Å²) < 4.78 is 16.8. The second kappa shape index (κ2) is 76.0. The lowest BCUT2D eigenvalue weighted by Gasteiger charge is -2.40. The van der Waals surface area contributed by atoms with Crippen molar-refractivity contribution >= 4 is 11.9 Å². The Bertz CT molecular complexity index is 1720. The molecule has 1 aliphatic heterocycles. The van der Waals surface area contributed by atoms with Crippen LogP contribution in [0.3, 0.4) is 0 Å². The topological polar surface area (TPSA) is 175 Å². The molecule has 1 rings (SSSR count). The Balaban J connectivity index is 1.88. The summed E-state index contributed by atoms with van der Waals surface area (Å²) in [6.07, 6.45) is 90.6. The van der Waals surface area contributed by atoms with Crippen LogP contribution in [0, 0.1) is 0 Å². The number of ether oxygens (including phenoxy) is 3. The molecule has 6 N–H and O–H groups in total. The number of nitrogens with one attached hydrogen (secondary N) is 1. The van der Waals surface area contributed by atoms with Gasteiger partial charge in [0.15, 0.2) is 6.29 Å². The van der Waals surface area contributed by atoms with E-state index >= 15 is 0 Å². The van der Waals surface area contributed by atoms with Crippen LogP contribution in [0.2, 0.25) is 0 Å². The van der Waals surface area contributed by atoms with E-state index in [-0.39, 0.29) is 18.5 Å². The summed E-state index contributed by atoms with van der Waals surface area (Å²) in [4.78, 5) is 25.2. The van der Waals surface area contributed by atoms with Crippen molar-refractivity contribution in [3.8, 4) is 0 Å². The number of rotatable bonds is 78. The highest BCUT2D eigenvalue weighted by Gasteiger charge is 2.44. The maximum atomic E-state index is 13.1. The molecule has 1 aliphatic rings. The minimum atomic E-state index is -1.57. The molecule has 0 radical (unpaired) electrons. The number of allylic oxidation sites excluding steroid dienone is 5. The van der Waals surface area contributed by atoms with E-state index in [4.69, 9.17) is 14.2 Å². The number of amides is 1. The van der Waals surface area contributed by atoms with Crippen molar-refractivity contribution < 1.29 is 49.3 Å². The van der Waals surface area contributed by atoms with Crippen molar-refractivity contribution in [2.75, 3.05) is 19.8 Å². The van der Waals surface area contributed by atoms with Crippen LogP contribution in [0.1, 0.15) is 444 Å². The lowest BCUT2D eigenvalue weighted by Crippen LogP contribution is -2.60. The third kappa shape index (κ3) is 63.6. The zero-order valence-corrected chi connectivity index (χ0v) is 64.8. The van der Waals surface area contributed by atoms with Gasteiger partial charge >= 0.3 is 5.97 Å². The quantitative estimate of drug-likeness (QED) is 0.0195. The molecule has 11 heteroatoms.